The van der Waals surface area contributed by atoms with E-state index in [1.165, 1.54) is 0 Å². The summed E-state index contributed by atoms with van der Waals surface area (Å²) in [5.74, 6) is 1.27. The molecule has 1 aromatic carbocycles. The van der Waals surface area contributed by atoms with Gasteiger partial charge in [0.05, 0.1) is 19.9 Å². The molecule has 0 bridgehead atoms. The monoisotopic (exact) mass is 249 g/mol. The largest absolute Gasteiger partial charge is 0.497 e. The number of ether oxygens (including phenoxy) is 2. The van der Waals surface area contributed by atoms with Gasteiger partial charge in [-0.25, -0.2) is 0 Å². The van der Waals surface area contributed by atoms with Gasteiger partial charge in [-0.3, -0.25) is 4.68 Å². The number of aliphatic hydroxyl groups is 1. The molecule has 1 heterocycles. The summed E-state index contributed by atoms with van der Waals surface area (Å²) >= 11 is 0. The fraction of sp³-hybridized carbons (Fsp3) is 0.333. The van der Waals surface area contributed by atoms with Gasteiger partial charge in [0.25, 0.3) is 0 Å². The first-order chi connectivity index (χ1) is 8.72. The molecule has 96 valence electrons. The van der Waals surface area contributed by atoms with Crippen molar-refractivity contribution < 1.29 is 14.6 Å². The lowest BCUT2D eigenvalue weighted by Crippen LogP contribution is -2.00. The molecule has 18 heavy (non-hydrogen) atoms. The fourth-order valence-electron chi connectivity index (χ4n) is 1.54. The van der Waals surface area contributed by atoms with Gasteiger partial charge < -0.3 is 14.6 Å². The lowest BCUT2D eigenvalue weighted by Gasteiger charge is -2.10. The fourth-order valence-corrected chi connectivity index (χ4v) is 1.54. The third kappa shape index (κ3) is 2.78. The predicted octanol–water partition coefficient (Wildman–Crippen LogP) is 0.895. The maximum absolute atomic E-state index is 9.23. The van der Waals surface area contributed by atoms with E-state index in [2.05, 4.69) is 10.3 Å². The molecule has 0 aliphatic carbocycles. The molecule has 1 N–H and O–H groups in total. The number of methoxy groups -OCH3 is 1. The van der Waals surface area contributed by atoms with Gasteiger partial charge in [-0.1, -0.05) is 5.21 Å². The van der Waals surface area contributed by atoms with Crippen LogP contribution in [0.15, 0.2) is 24.4 Å². The van der Waals surface area contributed by atoms with Crippen molar-refractivity contribution in [2.45, 2.75) is 13.2 Å². The van der Waals surface area contributed by atoms with Crippen molar-refractivity contribution in [3.63, 3.8) is 0 Å². The Morgan fingerprint density at radius 3 is 2.83 bits per heavy atom. The van der Waals surface area contributed by atoms with Crippen LogP contribution in [-0.4, -0.2) is 27.2 Å². The zero-order chi connectivity index (χ0) is 13.0. The number of benzene rings is 1. The van der Waals surface area contributed by atoms with Crippen molar-refractivity contribution in [1.29, 1.82) is 0 Å². The zero-order valence-electron chi connectivity index (χ0n) is 10.3. The minimum atomic E-state index is -0.0835. The van der Waals surface area contributed by atoms with Crippen molar-refractivity contribution in [2.75, 3.05) is 7.11 Å². The van der Waals surface area contributed by atoms with Gasteiger partial charge in [0.15, 0.2) is 0 Å². The Balaban J connectivity index is 2.11. The van der Waals surface area contributed by atoms with Gasteiger partial charge in [-0.15, -0.1) is 5.10 Å². The van der Waals surface area contributed by atoms with Crippen LogP contribution in [0.25, 0.3) is 0 Å². The van der Waals surface area contributed by atoms with Crippen molar-refractivity contribution in [1.82, 2.24) is 15.0 Å². The molecule has 2 rings (SSSR count). The quantitative estimate of drug-likeness (QED) is 0.852. The Morgan fingerprint density at radius 1 is 1.39 bits per heavy atom. The van der Waals surface area contributed by atoms with E-state index in [0.717, 1.165) is 5.69 Å². The van der Waals surface area contributed by atoms with Gasteiger partial charge in [0, 0.05) is 18.7 Å². The lowest BCUT2D eigenvalue weighted by molar-refractivity contribution is 0.256. The second-order valence-electron chi connectivity index (χ2n) is 3.80. The summed E-state index contributed by atoms with van der Waals surface area (Å²) in [4.78, 5) is 0. The molecule has 0 radical (unpaired) electrons. The van der Waals surface area contributed by atoms with Crippen LogP contribution < -0.4 is 9.47 Å². The van der Waals surface area contributed by atoms with Crippen LogP contribution in [0.5, 0.6) is 11.5 Å². The van der Waals surface area contributed by atoms with Crippen LogP contribution in [0.4, 0.5) is 0 Å². The van der Waals surface area contributed by atoms with E-state index in [4.69, 9.17) is 9.47 Å². The SMILES string of the molecule is COc1ccc(CO)c(OCc2cn(C)nn2)c1. The first-order valence-corrected chi connectivity index (χ1v) is 5.48. The first kappa shape index (κ1) is 12.4. The molecule has 1 aromatic heterocycles. The molecule has 0 saturated carbocycles. The third-order valence-electron chi connectivity index (χ3n) is 2.47. The summed E-state index contributed by atoms with van der Waals surface area (Å²) in [6.45, 7) is 0.216. The second-order valence-corrected chi connectivity index (χ2v) is 3.80. The molecule has 2 aromatic rings. The van der Waals surface area contributed by atoms with Crippen molar-refractivity contribution in [3.05, 3.63) is 35.7 Å². The van der Waals surface area contributed by atoms with Crippen LogP contribution in [0, 0.1) is 0 Å². The summed E-state index contributed by atoms with van der Waals surface area (Å²) in [7, 11) is 3.38. The highest BCUT2D eigenvalue weighted by molar-refractivity contribution is 5.40. The standard InChI is InChI=1S/C12H15N3O3/c1-15-6-10(13-14-15)8-18-12-5-11(17-2)4-3-9(12)7-16/h3-6,16H,7-8H2,1-2H3. The Morgan fingerprint density at radius 2 is 2.22 bits per heavy atom. The Labute approximate surface area is 105 Å². The number of hydrogen-bond donors (Lipinski definition) is 1. The molecule has 0 saturated heterocycles. The number of aryl methyl sites for hydroxylation is 1. The van der Waals surface area contributed by atoms with Crippen molar-refractivity contribution in [2.24, 2.45) is 7.05 Å². The van der Waals surface area contributed by atoms with E-state index in [9.17, 15) is 5.11 Å². The minimum Gasteiger partial charge on any atom is -0.497 e. The van der Waals surface area contributed by atoms with Crippen molar-refractivity contribution >= 4 is 0 Å². The van der Waals surface area contributed by atoms with Crippen molar-refractivity contribution in [3.8, 4) is 11.5 Å². The van der Waals surface area contributed by atoms with E-state index in [1.54, 1.807) is 43.2 Å². The number of rotatable bonds is 5. The molecule has 0 aliphatic heterocycles. The lowest BCUT2D eigenvalue weighted by atomic mass is 10.2. The molecular weight excluding hydrogens is 234 g/mol. The summed E-state index contributed by atoms with van der Waals surface area (Å²) < 4.78 is 12.3. The third-order valence-corrected chi connectivity index (χ3v) is 2.47. The van der Waals surface area contributed by atoms with Crippen LogP contribution in [-0.2, 0) is 20.3 Å². The highest BCUT2D eigenvalue weighted by Crippen LogP contribution is 2.25. The van der Waals surface area contributed by atoms with Crippen LogP contribution in [0.2, 0.25) is 0 Å². The Hall–Kier alpha value is -2.08. The first-order valence-electron chi connectivity index (χ1n) is 5.48. The normalized spacial score (nSPS) is 10.4. The molecule has 6 heteroatoms. The number of aromatic nitrogens is 3. The van der Waals surface area contributed by atoms with E-state index in [1.807, 2.05) is 0 Å². The van der Waals surface area contributed by atoms with E-state index in [-0.39, 0.29) is 6.61 Å². The van der Waals surface area contributed by atoms with Crippen LogP contribution >= 0.6 is 0 Å². The van der Waals surface area contributed by atoms with Gasteiger partial charge in [0.1, 0.15) is 23.8 Å². The van der Waals surface area contributed by atoms with Gasteiger partial charge >= 0.3 is 0 Å². The summed E-state index contributed by atoms with van der Waals surface area (Å²) in [5.41, 5.74) is 1.43. The average Bonchev–Trinajstić information content (AvgIpc) is 2.81. The maximum Gasteiger partial charge on any atom is 0.134 e. The number of nitrogens with zero attached hydrogens (tertiary/aromatic N) is 3. The summed E-state index contributed by atoms with van der Waals surface area (Å²) in [6.07, 6.45) is 1.78. The van der Waals surface area contributed by atoms with E-state index in [0.29, 0.717) is 23.7 Å². The molecule has 0 spiro atoms. The molecular formula is C12H15N3O3. The smallest absolute Gasteiger partial charge is 0.134 e. The van der Waals surface area contributed by atoms with Gasteiger partial charge in [0.2, 0.25) is 0 Å². The van der Waals surface area contributed by atoms with Crippen LogP contribution in [0.3, 0.4) is 0 Å². The number of hydrogen-bond acceptors (Lipinski definition) is 5. The van der Waals surface area contributed by atoms with Gasteiger partial charge in [-0.2, -0.15) is 0 Å². The minimum absolute atomic E-state index is 0.0835. The summed E-state index contributed by atoms with van der Waals surface area (Å²) in [5, 5.41) is 17.0. The molecule has 0 unspecified atom stereocenters. The number of aliphatic hydroxyl groups excluding tert-OH is 1. The molecule has 0 amide bonds. The predicted molar refractivity (Wildman–Crippen MR) is 64.3 cm³/mol. The summed E-state index contributed by atoms with van der Waals surface area (Å²) in [6, 6.07) is 5.29. The zero-order valence-corrected chi connectivity index (χ0v) is 10.3. The van der Waals surface area contributed by atoms with E-state index >= 15 is 0 Å². The molecule has 6 nitrogen and oxygen atoms in total. The molecule has 0 fully saturated rings. The second kappa shape index (κ2) is 5.50. The van der Waals surface area contributed by atoms with E-state index < -0.39 is 0 Å². The molecule has 0 aliphatic rings. The van der Waals surface area contributed by atoms with Crippen LogP contribution in [0.1, 0.15) is 11.3 Å². The maximum atomic E-state index is 9.23. The average molecular weight is 249 g/mol. The highest BCUT2D eigenvalue weighted by Gasteiger charge is 2.06. The van der Waals surface area contributed by atoms with Gasteiger partial charge in [-0.05, 0) is 12.1 Å². The molecule has 0 atom stereocenters. The topological polar surface area (TPSA) is 69.4 Å². The highest BCUT2D eigenvalue weighted by atomic mass is 16.5. The Kier molecular flexibility index (Phi) is 3.78. The Bertz CT molecular complexity index is 525.